The van der Waals surface area contributed by atoms with E-state index in [1.165, 1.54) is 4.31 Å². The Kier molecular flexibility index (Phi) is 8.01. The molecule has 0 fully saturated rings. The lowest BCUT2D eigenvalue weighted by Gasteiger charge is -2.30. The zero-order valence-corrected chi connectivity index (χ0v) is 21.8. The van der Waals surface area contributed by atoms with Crippen molar-refractivity contribution in [3.05, 3.63) is 99.4 Å². The zero-order chi connectivity index (χ0) is 29.5. The van der Waals surface area contributed by atoms with Crippen molar-refractivity contribution in [3.63, 3.8) is 0 Å². The summed E-state index contributed by atoms with van der Waals surface area (Å²) in [6, 6.07) is 9.56. The van der Waals surface area contributed by atoms with Crippen LogP contribution in [0.4, 0.5) is 36.4 Å². The molecule has 0 aliphatic carbocycles. The van der Waals surface area contributed by atoms with E-state index in [1.807, 2.05) is 0 Å². The molecule has 0 bridgehead atoms. The summed E-state index contributed by atoms with van der Waals surface area (Å²) in [6.45, 7) is 1.76. The molecule has 1 aliphatic rings. The van der Waals surface area contributed by atoms with Crippen LogP contribution in [-0.4, -0.2) is 25.2 Å². The second-order valence-electron chi connectivity index (χ2n) is 9.47. The second-order valence-corrected chi connectivity index (χ2v) is 11.4. The molecule has 3 aromatic rings. The summed E-state index contributed by atoms with van der Waals surface area (Å²) >= 11 is 0. The van der Waals surface area contributed by atoms with Crippen LogP contribution in [0.15, 0.2) is 54.6 Å². The number of nitrogens with zero attached hydrogens (tertiary/aromatic N) is 1. The van der Waals surface area contributed by atoms with Crippen LogP contribution in [0.25, 0.3) is 0 Å². The molecule has 4 rings (SSSR count). The van der Waals surface area contributed by atoms with Crippen LogP contribution in [-0.2, 0) is 52.3 Å². The topological polar surface area (TPSA) is 66.5 Å². The normalized spacial score (nSPS) is 14.6. The Morgan fingerprint density at radius 3 is 2.17 bits per heavy atom. The van der Waals surface area contributed by atoms with Gasteiger partial charge >= 0.3 is 12.4 Å². The molecular formula is C27H23F7N2O3S. The predicted molar refractivity (Wildman–Crippen MR) is 133 cm³/mol. The first-order valence-corrected chi connectivity index (χ1v) is 13.6. The van der Waals surface area contributed by atoms with Gasteiger partial charge in [-0.1, -0.05) is 30.3 Å². The molecule has 13 heteroatoms. The molecule has 5 nitrogen and oxygen atoms in total. The van der Waals surface area contributed by atoms with Gasteiger partial charge in [-0.25, -0.2) is 12.8 Å². The summed E-state index contributed by atoms with van der Waals surface area (Å²) in [5, 5.41) is 2.72. The van der Waals surface area contributed by atoms with Crippen molar-refractivity contribution >= 4 is 21.6 Å². The van der Waals surface area contributed by atoms with E-state index >= 15 is 0 Å². The fraction of sp³-hybridized carbons (Fsp3) is 0.296. The van der Waals surface area contributed by atoms with Crippen LogP contribution < -0.4 is 5.32 Å². The van der Waals surface area contributed by atoms with Crippen molar-refractivity contribution in [3.8, 4) is 0 Å². The standard InChI is InChI=1S/C27H23F7N2O3S/c1-16-2-6-19-14-36(40(38,39)15-17-3-7-20(8-4-17)26(29,30)31)11-10-21(19)25(16)35-24(37)13-18-5-9-22(23(28)12-18)27(32,33)34/h2-9,12H,10-11,13-15H2,1H3,(H,35,37). The average molecular weight is 589 g/mol. The summed E-state index contributed by atoms with van der Waals surface area (Å²) < 4.78 is 118. The minimum absolute atomic E-state index is 0.0223. The Morgan fingerprint density at radius 1 is 0.925 bits per heavy atom. The summed E-state index contributed by atoms with van der Waals surface area (Å²) in [7, 11) is -3.88. The molecule has 1 heterocycles. The maximum atomic E-state index is 13.9. The van der Waals surface area contributed by atoms with Gasteiger partial charge in [-0.15, -0.1) is 0 Å². The average Bonchev–Trinajstić information content (AvgIpc) is 2.84. The molecule has 0 saturated carbocycles. The Bertz CT molecular complexity index is 1530. The molecule has 1 N–H and O–H groups in total. The van der Waals surface area contributed by atoms with Crippen LogP contribution in [0.2, 0.25) is 0 Å². The summed E-state index contributed by atoms with van der Waals surface area (Å²) in [6.07, 6.45) is -9.54. The second kappa shape index (κ2) is 10.8. The molecule has 0 aromatic heterocycles. The van der Waals surface area contributed by atoms with Crippen molar-refractivity contribution in [2.24, 2.45) is 0 Å². The number of amides is 1. The number of fused-ring (bicyclic) bond motifs is 1. The number of hydrogen-bond acceptors (Lipinski definition) is 3. The Labute approximate surface area is 225 Å². The number of aryl methyl sites for hydroxylation is 1. The van der Waals surface area contributed by atoms with Crippen LogP contribution in [0.3, 0.4) is 0 Å². The Morgan fingerprint density at radius 2 is 1.57 bits per heavy atom. The maximum Gasteiger partial charge on any atom is 0.419 e. The SMILES string of the molecule is Cc1ccc2c(c1NC(=O)Cc1ccc(C(F)(F)F)c(F)c1)CCN(S(=O)(=O)Cc1ccc(C(F)(F)F)cc1)C2. The third kappa shape index (κ3) is 6.64. The van der Waals surface area contributed by atoms with Gasteiger partial charge in [-0.3, -0.25) is 4.79 Å². The molecule has 214 valence electrons. The minimum Gasteiger partial charge on any atom is -0.325 e. The first kappa shape index (κ1) is 29.5. The largest absolute Gasteiger partial charge is 0.419 e. The van der Waals surface area contributed by atoms with Crippen molar-refractivity contribution in [2.75, 3.05) is 11.9 Å². The number of rotatable bonds is 6. The highest BCUT2D eigenvalue weighted by Crippen LogP contribution is 2.34. The van der Waals surface area contributed by atoms with E-state index in [-0.39, 0.29) is 37.1 Å². The molecular weight excluding hydrogens is 565 g/mol. The van der Waals surface area contributed by atoms with Gasteiger partial charge in [-0.05, 0) is 65.4 Å². The first-order valence-electron chi connectivity index (χ1n) is 12.0. The van der Waals surface area contributed by atoms with Gasteiger partial charge in [0, 0.05) is 18.8 Å². The molecule has 0 saturated heterocycles. The van der Waals surface area contributed by atoms with E-state index in [9.17, 15) is 43.9 Å². The van der Waals surface area contributed by atoms with Crippen LogP contribution in [0.1, 0.15) is 38.9 Å². The highest BCUT2D eigenvalue weighted by atomic mass is 32.2. The first-order chi connectivity index (χ1) is 18.5. The fourth-order valence-corrected chi connectivity index (χ4v) is 6.02. The maximum absolute atomic E-state index is 13.9. The smallest absolute Gasteiger partial charge is 0.325 e. The highest BCUT2D eigenvalue weighted by molar-refractivity contribution is 7.88. The van der Waals surface area contributed by atoms with Crippen molar-refractivity contribution in [1.82, 2.24) is 4.31 Å². The minimum atomic E-state index is -4.86. The fourth-order valence-electron chi connectivity index (χ4n) is 4.52. The number of halogens is 7. The number of nitrogens with one attached hydrogen (secondary N) is 1. The van der Waals surface area contributed by atoms with Crippen molar-refractivity contribution in [2.45, 2.75) is 44.4 Å². The van der Waals surface area contributed by atoms with Crippen LogP contribution in [0.5, 0.6) is 0 Å². The van der Waals surface area contributed by atoms with Crippen molar-refractivity contribution in [1.29, 1.82) is 0 Å². The van der Waals surface area contributed by atoms with Gasteiger partial charge in [-0.2, -0.15) is 30.6 Å². The predicted octanol–water partition coefficient (Wildman–Crippen LogP) is 6.24. The van der Waals surface area contributed by atoms with E-state index in [0.717, 1.165) is 30.3 Å². The quantitative estimate of drug-likeness (QED) is 0.347. The third-order valence-electron chi connectivity index (χ3n) is 6.57. The van der Waals surface area contributed by atoms with Gasteiger partial charge < -0.3 is 5.32 Å². The summed E-state index contributed by atoms with van der Waals surface area (Å²) in [4.78, 5) is 12.7. The van der Waals surface area contributed by atoms with E-state index < -0.39 is 51.0 Å². The lowest BCUT2D eigenvalue weighted by Crippen LogP contribution is -2.37. The Hall–Kier alpha value is -3.45. The lowest BCUT2D eigenvalue weighted by molar-refractivity contribution is -0.140. The van der Waals surface area contributed by atoms with E-state index in [0.29, 0.717) is 34.5 Å². The van der Waals surface area contributed by atoms with Crippen LogP contribution in [0, 0.1) is 12.7 Å². The lowest BCUT2D eigenvalue weighted by atomic mass is 9.95. The number of carbonyl (C=O) groups excluding carboxylic acids is 1. The number of benzene rings is 3. The molecule has 0 radical (unpaired) electrons. The molecule has 3 aromatic carbocycles. The molecule has 1 amide bonds. The molecule has 1 aliphatic heterocycles. The Balaban J connectivity index is 1.47. The van der Waals surface area contributed by atoms with E-state index in [2.05, 4.69) is 5.32 Å². The van der Waals surface area contributed by atoms with Gasteiger partial charge in [0.1, 0.15) is 5.82 Å². The summed E-state index contributed by atoms with van der Waals surface area (Å²) in [5.41, 5.74) is 0.357. The molecule has 0 unspecified atom stereocenters. The van der Waals surface area contributed by atoms with Gasteiger partial charge in [0.05, 0.1) is 23.3 Å². The summed E-state index contributed by atoms with van der Waals surface area (Å²) in [5.74, 6) is -2.56. The zero-order valence-electron chi connectivity index (χ0n) is 21.0. The van der Waals surface area contributed by atoms with Crippen molar-refractivity contribution < 1.29 is 43.9 Å². The monoisotopic (exact) mass is 588 g/mol. The molecule has 40 heavy (non-hydrogen) atoms. The third-order valence-corrected chi connectivity index (χ3v) is 8.36. The number of anilines is 1. The number of hydrogen-bond donors (Lipinski definition) is 1. The van der Waals surface area contributed by atoms with Gasteiger partial charge in [0.25, 0.3) is 0 Å². The number of carbonyl (C=O) groups is 1. The number of alkyl halides is 6. The van der Waals surface area contributed by atoms with E-state index in [4.69, 9.17) is 0 Å². The highest BCUT2D eigenvalue weighted by Gasteiger charge is 2.34. The molecule has 0 atom stereocenters. The van der Waals surface area contributed by atoms with E-state index in [1.54, 1.807) is 19.1 Å². The van der Waals surface area contributed by atoms with Crippen LogP contribution >= 0.6 is 0 Å². The molecule has 0 spiro atoms. The van der Waals surface area contributed by atoms with Gasteiger partial charge in [0.2, 0.25) is 15.9 Å². The van der Waals surface area contributed by atoms with Gasteiger partial charge in [0.15, 0.2) is 0 Å². The number of sulfonamides is 1.